The quantitative estimate of drug-likeness (QED) is 0.741. The highest BCUT2D eigenvalue weighted by Gasteiger charge is 2.68. The van der Waals surface area contributed by atoms with E-state index in [1.807, 2.05) is 24.3 Å². The van der Waals surface area contributed by atoms with Gasteiger partial charge < -0.3 is 15.2 Å². The number of hydrogen-bond donors (Lipinski definition) is 2. The SMILES string of the molecule is COc1ccccc1C1(C(=O)O)CC[C@H]2[C@@H]3CC=C4NC(=O)CC[C@]4(C)[C@@H]3CC[C@@]21C. The number of hydrogen-bond acceptors (Lipinski definition) is 3. The van der Waals surface area contributed by atoms with E-state index in [4.69, 9.17) is 4.74 Å². The van der Waals surface area contributed by atoms with Gasteiger partial charge in [0.1, 0.15) is 11.2 Å². The van der Waals surface area contributed by atoms with Crippen LogP contribution in [-0.4, -0.2) is 24.1 Å². The normalized spacial score (nSPS) is 41.3. The molecule has 31 heavy (non-hydrogen) atoms. The Morgan fingerprint density at radius 1 is 1.13 bits per heavy atom. The molecule has 4 aliphatic rings. The number of amides is 1. The minimum atomic E-state index is -0.930. The van der Waals surface area contributed by atoms with Crippen LogP contribution in [0.15, 0.2) is 36.0 Å². The van der Waals surface area contributed by atoms with Crippen LogP contribution in [0.2, 0.25) is 0 Å². The first-order valence-electron chi connectivity index (χ1n) is 11.7. The maximum atomic E-state index is 13.0. The number of fused-ring (bicyclic) bond motifs is 5. The summed E-state index contributed by atoms with van der Waals surface area (Å²) in [5.74, 6) is 1.39. The number of carboxylic acid groups (broad SMARTS) is 1. The molecule has 1 aliphatic heterocycles. The van der Waals surface area contributed by atoms with Crippen molar-refractivity contribution in [3.8, 4) is 5.75 Å². The number of aliphatic carboxylic acids is 1. The Morgan fingerprint density at radius 2 is 1.87 bits per heavy atom. The Labute approximate surface area is 184 Å². The van der Waals surface area contributed by atoms with Gasteiger partial charge in [-0.15, -0.1) is 0 Å². The maximum absolute atomic E-state index is 13.0. The highest BCUT2D eigenvalue weighted by molar-refractivity contribution is 5.85. The molecule has 1 heterocycles. The lowest BCUT2D eigenvalue weighted by atomic mass is 9.46. The molecule has 2 N–H and O–H groups in total. The second-order valence-corrected chi connectivity index (χ2v) is 10.6. The average molecular weight is 424 g/mol. The largest absolute Gasteiger partial charge is 0.496 e. The Morgan fingerprint density at radius 3 is 2.61 bits per heavy atom. The van der Waals surface area contributed by atoms with E-state index in [0.717, 1.165) is 43.4 Å². The molecule has 1 saturated heterocycles. The van der Waals surface area contributed by atoms with Crippen LogP contribution in [0.4, 0.5) is 0 Å². The maximum Gasteiger partial charge on any atom is 0.314 e. The summed E-state index contributed by atoms with van der Waals surface area (Å²) >= 11 is 0. The van der Waals surface area contributed by atoms with Gasteiger partial charge >= 0.3 is 5.97 Å². The molecule has 0 radical (unpaired) electrons. The molecule has 6 atom stereocenters. The van der Waals surface area contributed by atoms with Crippen LogP contribution in [0.25, 0.3) is 0 Å². The molecule has 2 saturated carbocycles. The Hall–Kier alpha value is -2.30. The van der Waals surface area contributed by atoms with Crippen molar-refractivity contribution in [2.45, 2.75) is 64.2 Å². The van der Waals surface area contributed by atoms with Crippen molar-refractivity contribution in [1.29, 1.82) is 0 Å². The van der Waals surface area contributed by atoms with Crippen molar-refractivity contribution in [2.75, 3.05) is 7.11 Å². The topological polar surface area (TPSA) is 75.6 Å². The zero-order chi connectivity index (χ0) is 22.0. The first kappa shape index (κ1) is 20.6. The van der Waals surface area contributed by atoms with Crippen molar-refractivity contribution < 1.29 is 19.4 Å². The minimum absolute atomic E-state index is 0.00291. The Bertz CT molecular complexity index is 970. The number of methoxy groups -OCH3 is 1. The van der Waals surface area contributed by atoms with Gasteiger partial charge in [-0.05, 0) is 67.8 Å². The fourth-order valence-electron chi connectivity index (χ4n) is 8.14. The van der Waals surface area contributed by atoms with Crippen LogP contribution in [0.5, 0.6) is 5.75 Å². The van der Waals surface area contributed by atoms with Crippen molar-refractivity contribution in [1.82, 2.24) is 5.32 Å². The summed E-state index contributed by atoms with van der Waals surface area (Å²) in [6.45, 7) is 4.54. The highest BCUT2D eigenvalue weighted by atomic mass is 16.5. The van der Waals surface area contributed by atoms with Crippen LogP contribution < -0.4 is 10.1 Å². The zero-order valence-corrected chi connectivity index (χ0v) is 18.7. The molecule has 5 nitrogen and oxygen atoms in total. The lowest BCUT2D eigenvalue weighted by molar-refractivity contribution is -0.153. The molecule has 3 fully saturated rings. The lowest BCUT2D eigenvalue weighted by Crippen LogP contribution is -2.57. The highest BCUT2D eigenvalue weighted by Crippen LogP contribution is 2.70. The van der Waals surface area contributed by atoms with Crippen LogP contribution >= 0.6 is 0 Å². The molecule has 3 aliphatic carbocycles. The third-order valence-electron chi connectivity index (χ3n) is 9.74. The molecular formula is C26H33NO4. The molecule has 1 aromatic rings. The van der Waals surface area contributed by atoms with E-state index in [0.29, 0.717) is 36.3 Å². The first-order chi connectivity index (χ1) is 14.8. The Kier molecular flexibility index (Phi) is 4.55. The molecule has 5 heteroatoms. The summed E-state index contributed by atoms with van der Waals surface area (Å²) in [5.41, 5.74) is 0.684. The predicted octanol–water partition coefficient (Wildman–Crippen LogP) is 4.66. The third-order valence-corrected chi connectivity index (χ3v) is 9.74. The minimum Gasteiger partial charge on any atom is -0.496 e. The monoisotopic (exact) mass is 423 g/mol. The van der Waals surface area contributed by atoms with Crippen LogP contribution in [-0.2, 0) is 15.0 Å². The average Bonchev–Trinajstić information content (AvgIpc) is 3.08. The van der Waals surface area contributed by atoms with E-state index in [2.05, 4.69) is 25.2 Å². The molecule has 0 aromatic heterocycles. The van der Waals surface area contributed by atoms with E-state index < -0.39 is 11.4 Å². The molecule has 1 aromatic carbocycles. The number of carbonyl (C=O) groups excluding carboxylic acids is 1. The number of carbonyl (C=O) groups is 2. The smallest absolute Gasteiger partial charge is 0.314 e. The summed E-state index contributed by atoms with van der Waals surface area (Å²) in [4.78, 5) is 25.0. The summed E-state index contributed by atoms with van der Waals surface area (Å²) < 4.78 is 5.65. The van der Waals surface area contributed by atoms with Gasteiger partial charge in [0.25, 0.3) is 0 Å². The fraction of sp³-hybridized carbons (Fsp3) is 0.615. The number of para-hydroxylation sites is 1. The number of piperidine rings is 1. The number of benzene rings is 1. The second-order valence-electron chi connectivity index (χ2n) is 10.6. The second kappa shape index (κ2) is 6.85. The van der Waals surface area contributed by atoms with Crippen molar-refractivity contribution in [3.05, 3.63) is 41.6 Å². The lowest BCUT2D eigenvalue weighted by Gasteiger charge is -2.58. The fourth-order valence-corrected chi connectivity index (χ4v) is 8.14. The summed E-state index contributed by atoms with van der Waals surface area (Å²) in [5, 5.41) is 13.8. The molecule has 1 amide bonds. The molecular weight excluding hydrogens is 390 g/mol. The van der Waals surface area contributed by atoms with E-state index in [9.17, 15) is 14.7 Å². The van der Waals surface area contributed by atoms with E-state index in [-0.39, 0.29) is 16.7 Å². The van der Waals surface area contributed by atoms with Crippen LogP contribution in [0.1, 0.15) is 64.4 Å². The summed E-state index contributed by atoms with van der Waals surface area (Å²) in [6, 6.07) is 7.70. The van der Waals surface area contributed by atoms with E-state index >= 15 is 0 Å². The van der Waals surface area contributed by atoms with Crippen molar-refractivity contribution in [2.24, 2.45) is 28.6 Å². The predicted molar refractivity (Wildman–Crippen MR) is 118 cm³/mol. The number of ether oxygens (including phenoxy) is 1. The van der Waals surface area contributed by atoms with Gasteiger partial charge in [0.15, 0.2) is 0 Å². The van der Waals surface area contributed by atoms with Gasteiger partial charge in [-0.25, -0.2) is 0 Å². The van der Waals surface area contributed by atoms with Crippen molar-refractivity contribution >= 4 is 11.9 Å². The van der Waals surface area contributed by atoms with Crippen molar-refractivity contribution in [3.63, 3.8) is 0 Å². The van der Waals surface area contributed by atoms with Gasteiger partial charge in [-0.3, -0.25) is 9.59 Å². The standard InChI is InChI=1S/C26H33NO4/c1-24-13-12-22(28)27-21(24)9-8-16-17(24)10-14-25(2)18(16)11-15-26(25,23(29)30)19-6-4-5-7-20(19)31-3/h4-7,9,16-18H,8,10-15H2,1-3H3,(H,27,28)(H,29,30)/t16-,17-,18+,24-,25+,26?/m1/s1. The molecule has 1 unspecified atom stereocenters. The van der Waals surface area contributed by atoms with Gasteiger partial charge in [0, 0.05) is 23.1 Å². The van der Waals surface area contributed by atoms with Crippen LogP contribution in [0, 0.1) is 28.6 Å². The summed E-state index contributed by atoms with van der Waals surface area (Å²) in [7, 11) is 1.63. The molecule has 0 bridgehead atoms. The number of rotatable bonds is 3. The first-order valence-corrected chi connectivity index (χ1v) is 11.7. The van der Waals surface area contributed by atoms with E-state index in [1.165, 1.54) is 0 Å². The Balaban J connectivity index is 1.58. The third kappa shape index (κ3) is 2.55. The zero-order valence-electron chi connectivity index (χ0n) is 18.7. The molecule has 5 rings (SSSR count). The van der Waals surface area contributed by atoms with E-state index in [1.54, 1.807) is 7.11 Å². The number of allylic oxidation sites excluding steroid dienone is 2. The molecule has 166 valence electrons. The number of carboxylic acids is 1. The van der Waals surface area contributed by atoms with Crippen LogP contribution in [0.3, 0.4) is 0 Å². The van der Waals surface area contributed by atoms with Gasteiger partial charge in [-0.1, -0.05) is 38.1 Å². The number of nitrogens with one attached hydrogen (secondary N) is 1. The molecule has 0 spiro atoms. The summed E-state index contributed by atoms with van der Waals surface area (Å²) in [6.07, 6.45) is 8.12. The van der Waals surface area contributed by atoms with Gasteiger partial charge in [-0.2, -0.15) is 0 Å². The van der Waals surface area contributed by atoms with Gasteiger partial charge in [0.05, 0.1) is 7.11 Å². The van der Waals surface area contributed by atoms with Gasteiger partial charge in [0.2, 0.25) is 5.91 Å².